The van der Waals surface area contributed by atoms with E-state index in [2.05, 4.69) is 18.0 Å². The lowest BCUT2D eigenvalue weighted by Gasteiger charge is -2.41. The van der Waals surface area contributed by atoms with Crippen LogP contribution in [0.3, 0.4) is 0 Å². The van der Waals surface area contributed by atoms with E-state index in [1.54, 1.807) is 0 Å². The molecule has 1 amide bonds. The molecule has 1 aliphatic heterocycles. The molecule has 0 radical (unpaired) electrons. The predicted molar refractivity (Wildman–Crippen MR) is 80.6 cm³/mol. The van der Waals surface area contributed by atoms with Crippen LogP contribution in [0, 0.1) is 5.92 Å². The molecule has 1 fully saturated rings. The van der Waals surface area contributed by atoms with E-state index in [4.69, 9.17) is 5.73 Å². The van der Waals surface area contributed by atoms with Gasteiger partial charge in [0.1, 0.15) is 0 Å². The zero-order valence-corrected chi connectivity index (χ0v) is 12.3. The summed E-state index contributed by atoms with van der Waals surface area (Å²) < 4.78 is 0. The first-order valence-corrected chi connectivity index (χ1v) is 7.79. The minimum absolute atomic E-state index is 0.316. The van der Waals surface area contributed by atoms with Gasteiger partial charge in [0, 0.05) is 18.2 Å². The SMILES string of the molecule is CN1CCc2ccc(C(N)=O)cc2C1C1CCCCC1. The lowest BCUT2D eigenvalue weighted by Crippen LogP contribution is -2.37. The van der Waals surface area contributed by atoms with Crippen molar-refractivity contribution in [3.63, 3.8) is 0 Å². The number of amides is 1. The van der Waals surface area contributed by atoms with Crippen LogP contribution in [0.15, 0.2) is 18.2 Å². The third-order valence-corrected chi connectivity index (χ3v) is 5.05. The first kappa shape index (κ1) is 13.6. The quantitative estimate of drug-likeness (QED) is 0.900. The molecular formula is C17H24N2O. The van der Waals surface area contributed by atoms with Gasteiger partial charge in [0.2, 0.25) is 5.91 Å². The largest absolute Gasteiger partial charge is 0.366 e. The van der Waals surface area contributed by atoms with Crippen LogP contribution >= 0.6 is 0 Å². The van der Waals surface area contributed by atoms with E-state index >= 15 is 0 Å². The molecule has 1 saturated carbocycles. The number of benzene rings is 1. The fourth-order valence-corrected chi connectivity index (χ4v) is 3.99. The number of nitrogens with zero attached hydrogens (tertiary/aromatic N) is 1. The van der Waals surface area contributed by atoms with E-state index in [1.807, 2.05) is 12.1 Å². The first-order chi connectivity index (χ1) is 9.66. The van der Waals surface area contributed by atoms with Crippen LogP contribution in [0.4, 0.5) is 0 Å². The van der Waals surface area contributed by atoms with Crippen molar-refractivity contribution in [2.45, 2.75) is 44.6 Å². The summed E-state index contributed by atoms with van der Waals surface area (Å²) in [4.78, 5) is 13.9. The second-order valence-electron chi connectivity index (χ2n) is 6.35. The average molecular weight is 272 g/mol. The van der Waals surface area contributed by atoms with E-state index in [-0.39, 0.29) is 5.91 Å². The molecule has 20 heavy (non-hydrogen) atoms. The van der Waals surface area contributed by atoms with Crippen molar-refractivity contribution in [1.29, 1.82) is 0 Å². The first-order valence-electron chi connectivity index (χ1n) is 7.79. The lowest BCUT2D eigenvalue weighted by molar-refractivity contribution is 0.0999. The molecule has 0 bridgehead atoms. The fraction of sp³-hybridized carbons (Fsp3) is 0.588. The molecular weight excluding hydrogens is 248 g/mol. The molecule has 1 heterocycles. The number of rotatable bonds is 2. The number of carbonyl (C=O) groups excluding carboxylic acids is 1. The number of likely N-dealkylation sites (N-methyl/N-ethyl adjacent to an activating group) is 1. The Morgan fingerprint density at radius 1 is 1.25 bits per heavy atom. The summed E-state index contributed by atoms with van der Waals surface area (Å²) in [6, 6.07) is 6.51. The van der Waals surface area contributed by atoms with Gasteiger partial charge in [-0.05, 0) is 55.5 Å². The number of hydrogen-bond acceptors (Lipinski definition) is 2. The molecule has 2 N–H and O–H groups in total. The number of carbonyl (C=O) groups is 1. The highest BCUT2D eigenvalue weighted by molar-refractivity contribution is 5.93. The number of primary amides is 1. The molecule has 3 nitrogen and oxygen atoms in total. The van der Waals surface area contributed by atoms with Crippen LogP contribution in [-0.4, -0.2) is 24.4 Å². The molecule has 1 unspecified atom stereocenters. The van der Waals surface area contributed by atoms with Gasteiger partial charge in [-0.25, -0.2) is 0 Å². The summed E-state index contributed by atoms with van der Waals surface area (Å²) in [7, 11) is 2.22. The molecule has 3 rings (SSSR count). The van der Waals surface area contributed by atoms with Crippen LogP contribution in [0.5, 0.6) is 0 Å². The molecule has 1 aromatic carbocycles. The summed E-state index contributed by atoms with van der Waals surface area (Å²) >= 11 is 0. The summed E-state index contributed by atoms with van der Waals surface area (Å²) in [5.41, 5.74) is 8.86. The van der Waals surface area contributed by atoms with Crippen molar-refractivity contribution in [3.8, 4) is 0 Å². The van der Waals surface area contributed by atoms with E-state index in [0.29, 0.717) is 11.6 Å². The van der Waals surface area contributed by atoms with Gasteiger partial charge in [-0.2, -0.15) is 0 Å². The molecule has 3 heteroatoms. The Balaban J connectivity index is 1.97. The van der Waals surface area contributed by atoms with Gasteiger partial charge in [0.25, 0.3) is 0 Å². The maximum Gasteiger partial charge on any atom is 0.248 e. The standard InChI is InChI=1S/C17H24N2O/c1-19-10-9-12-7-8-14(17(18)20)11-15(12)16(19)13-5-3-2-4-6-13/h7-8,11,13,16H,2-6,9-10H2,1H3,(H2,18,20). The molecule has 1 aliphatic carbocycles. The molecule has 1 atom stereocenters. The van der Waals surface area contributed by atoms with Crippen molar-refractivity contribution in [2.24, 2.45) is 11.7 Å². The Morgan fingerprint density at radius 3 is 2.70 bits per heavy atom. The Hall–Kier alpha value is -1.35. The Morgan fingerprint density at radius 2 is 2.00 bits per heavy atom. The van der Waals surface area contributed by atoms with E-state index in [0.717, 1.165) is 18.9 Å². The predicted octanol–water partition coefficient (Wildman–Crippen LogP) is 2.89. The lowest BCUT2D eigenvalue weighted by atomic mass is 9.77. The molecule has 108 valence electrons. The van der Waals surface area contributed by atoms with E-state index < -0.39 is 0 Å². The van der Waals surface area contributed by atoms with Gasteiger partial charge in [0.05, 0.1) is 0 Å². The number of nitrogens with two attached hydrogens (primary N) is 1. The second kappa shape index (κ2) is 5.57. The normalized spacial score (nSPS) is 24.4. The van der Waals surface area contributed by atoms with Gasteiger partial charge in [0.15, 0.2) is 0 Å². The van der Waals surface area contributed by atoms with Crippen molar-refractivity contribution in [2.75, 3.05) is 13.6 Å². The third-order valence-electron chi connectivity index (χ3n) is 5.05. The summed E-state index contributed by atoms with van der Waals surface area (Å²) in [6.45, 7) is 1.12. The highest BCUT2D eigenvalue weighted by Gasteiger charge is 2.32. The van der Waals surface area contributed by atoms with Crippen LogP contribution in [0.2, 0.25) is 0 Å². The third kappa shape index (κ3) is 2.47. The van der Waals surface area contributed by atoms with Crippen LogP contribution < -0.4 is 5.73 Å². The fourth-order valence-electron chi connectivity index (χ4n) is 3.99. The van der Waals surface area contributed by atoms with Crippen LogP contribution in [0.25, 0.3) is 0 Å². The molecule has 0 aromatic heterocycles. The number of hydrogen-bond donors (Lipinski definition) is 1. The highest BCUT2D eigenvalue weighted by atomic mass is 16.1. The zero-order chi connectivity index (χ0) is 14.1. The van der Waals surface area contributed by atoms with Crippen LogP contribution in [-0.2, 0) is 6.42 Å². The Bertz CT molecular complexity index is 506. The van der Waals surface area contributed by atoms with Crippen molar-refractivity contribution >= 4 is 5.91 Å². The zero-order valence-electron chi connectivity index (χ0n) is 12.3. The maximum atomic E-state index is 11.5. The van der Waals surface area contributed by atoms with Crippen LogP contribution in [0.1, 0.15) is 59.6 Å². The van der Waals surface area contributed by atoms with Gasteiger partial charge in [-0.15, -0.1) is 0 Å². The summed E-state index contributed by atoms with van der Waals surface area (Å²) in [6.07, 6.45) is 7.78. The minimum Gasteiger partial charge on any atom is -0.366 e. The monoisotopic (exact) mass is 272 g/mol. The van der Waals surface area contributed by atoms with Gasteiger partial charge < -0.3 is 5.73 Å². The van der Waals surface area contributed by atoms with Crippen molar-refractivity contribution in [1.82, 2.24) is 4.90 Å². The Kier molecular flexibility index (Phi) is 3.79. The van der Waals surface area contributed by atoms with E-state index in [9.17, 15) is 4.79 Å². The maximum absolute atomic E-state index is 11.5. The smallest absolute Gasteiger partial charge is 0.248 e. The topological polar surface area (TPSA) is 46.3 Å². The summed E-state index contributed by atoms with van der Waals surface area (Å²) in [5.74, 6) is 0.416. The minimum atomic E-state index is -0.316. The van der Waals surface area contributed by atoms with Crippen molar-refractivity contribution in [3.05, 3.63) is 34.9 Å². The number of fused-ring (bicyclic) bond motifs is 1. The highest BCUT2D eigenvalue weighted by Crippen LogP contribution is 2.41. The molecule has 0 saturated heterocycles. The average Bonchev–Trinajstić information content (AvgIpc) is 2.47. The summed E-state index contributed by atoms with van der Waals surface area (Å²) in [5, 5.41) is 0. The molecule has 1 aromatic rings. The van der Waals surface area contributed by atoms with E-state index in [1.165, 1.54) is 43.2 Å². The molecule has 0 spiro atoms. The van der Waals surface area contributed by atoms with Gasteiger partial charge in [-0.1, -0.05) is 25.3 Å². The second-order valence-corrected chi connectivity index (χ2v) is 6.35. The van der Waals surface area contributed by atoms with Gasteiger partial charge >= 0.3 is 0 Å². The van der Waals surface area contributed by atoms with Crippen molar-refractivity contribution < 1.29 is 4.79 Å². The molecule has 2 aliphatic rings. The van der Waals surface area contributed by atoms with Gasteiger partial charge in [-0.3, -0.25) is 9.69 Å². The Labute approximate surface area is 121 Å².